The molecule has 1 nitrogen and oxygen atoms in total. The average molecular weight is 336 g/mol. The Morgan fingerprint density at radius 1 is 1.21 bits per heavy atom. The van der Waals surface area contributed by atoms with Gasteiger partial charge in [0.25, 0.3) is 0 Å². The normalized spacial score (nSPS) is 16.1. The van der Waals surface area contributed by atoms with Crippen molar-refractivity contribution in [1.29, 1.82) is 0 Å². The molecule has 0 amide bonds. The fourth-order valence-electron chi connectivity index (χ4n) is 2.96. The zero-order chi connectivity index (χ0) is 13.2. The lowest BCUT2D eigenvalue weighted by atomic mass is 9.95. The van der Waals surface area contributed by atoms with Gasteiger partial charge in [-0.25, -0.2) is 0 Å². The van der Waals surface area contributed by atoms with E-state index in [1.165, 1.54) is 53.8 Å². The molecule has 3 rings (SSSR count). The van der Waals surface area contributed by atoms with Gasteiger partial charge >= 0.3 is 0 Å². The zero-order valence-electron chi connectivity index (χ0n) is 11.2. The molecule has 19 heavy (non-hydrogen) atoms. The highest BCUT2D eigenvalue weighted by atomic mass is 79.9. The van der Waals surface area contributed by atoms with E-state index in [4.69, 9.17) is 0 Å². The van der Waals surface area contributed by atoms with Crippen LogP contribution in [-0.4, -0.2) is 4.37 Å². The Morgan fingerprint density at radius 2 is 1.89 bits per heavy atom. The number of aryl methyl sites for hydroxylation is 1. The molecule has 2 aromatic rings. The molecule has 0 spiro atoms. The van der Waals surface area contributed by atoms with Gasteiger partial charge in [-0.05, 0) is 54.1 Å². The SMILES string of the molecule is Cc1nsc(-c2ccc(Br)cc2)c1CC1CCCC1. The summed E-state index contributed by atoms with van der Waals surface area (Å²) in [6.07, 6.45) is 6.83. The van der Waals surface area contributed by atoms with Crippen molar-refractivity contribution in [2.45, 2.75) is 39.0 Å². The second kappa shape index (κ2) is 5.76. The van der Waals surface area contributed by atoms with E-state index < -0.39 is 0 Å². The quantitative estimate of drug-likeness (QED) is 0.709. The smallest absolute Gasteiger partial charge is 0.0584 e. The van der Waals surface area contributed by atoms with Crippen LogP contribution in [-0.2, 0) is 6.42 Å². The van der Waals surface area contributed by atoms with Gasteiger partial charge in [0.2, 0.25) is 0 Å². The van der Waals surface area contributed by atoms with Gasteiger partial charge in [0, 0.05) is 4.47 Å². The van der Waals surface area contributed by atoms with Crippen LogP contribution < -0.4 is 0 Å². The van der Waals surface area contributed by atoms with Gasteiger partial charge in [-0.3, -0.25) is 0 Å². The third-order valence-electron chi connectivity index (χ3n) is 4.06. The van der Waals surface area contributed by atoms with E-state index >= 15 is 0 Å². The molecule has 0 saturated heterocycles. The molecule has 0 N–H and O–H groups in total. The summed E-state index contributed by atoms with van der Waals surface area (Å²) < 4.78 is 5.72. The van der Waals surface area contributed by atoms with Gasteiger partial charge in [-0.1, -0.05) is 53.7 Å². The summed E-state index contributed by atoms with van der Waals surface area (Å²) >= 11 is 5.15. The average Bonchev–Trinajstić information content (AvgIpc) is 3.03. The van der Waals surface area contributed by atoms with Crippen LogP contribution in [0, 0.1) is 12.8 Å². The minimum Gasteiger partial charge on any atom is -0.197 e. The van der Waals surface area contributed by atoms with E-state index in [9.17, 15) is 0 Å². The molecular formula is C16H18BrNS. The molecule has 0 bridgehead atoms. The number of hydrogen-bond donors (Lipinski definition) is 0. The van der Waals surface area contributed by atoms with Crippen molar-refractivity contribution >= 4 is 27.5 Å². The summed E-state index contributed by atoms with van der Waals surface area (Å²) in [5, 5.41) is 0. The molecule has 100 valence electrons. The number of aromatic nitrogens is 1. The first kappa shape index (κ1) is 13.3. The molecule has 1 aromatic carbocycles. The predicted molar refractivity (Wildman–Crippen MR) is 85.6 cm³/mol. The van der Waals surface area contributed by atoms with Gasteiger partial charge < -0.3 is 0 Å². The van der Waals surface area contributed by atoms with Gasteiger partial charge in [-0.2, -0.15) is 4.37 Å². The van der Waals surface area contributed by atoms with E-state index in [0.29, 0.717) is 0 Å². The first-order valence-electron chi connectivity index (χ1n) is 6.95. The van der Waals surface area contributed by atoms with Crippen molar-refractivity contribution in [3.8, 4) is 10.4 Å². The first-order chi connectivity index (χ1) is 9.24. The number of hydrogen-bond acceptors (Lipinski definition) is 2. The van der Waals surface area contributed by atoms with E-state index in [0.717, 1.165) is 10.4 Å². The van der Waals surface area contributed by atoms with Gasteiger partial charge in [0.1, 0.15) is 0 Å². The van der Waals surface area contributed by atoms with Crippen molar-refractivity contribution < 1.29 is 0 Å². The molecule has 1 aliphatic carbocycles. The Bertz CT molecular complexity index is 553. The molecule has 1 aliphatic rings. The van der Waals surface area contributed by atoms with Gasteiger partial charge in [-0.15, -0.1) is 0 Å². The summed E-state index contributed by atoms with van der Waals surface area (Å²) in [7, 11) is 0. The van der Waals surface area contributed by atoms with Crippen molar-refractivity contribution in [2.24, 2.45) is 5.92 Å². The fraction of sp³-hybridized carbons (Fsp3) is 0.438. The Balaban J connectivity index is 1.91. The van der Waals surface area contributed by atoms with E-state index in [-0.39, 0.29) is 0 Å². The lowest BCUT2D eigenvalue weighted by Gasteiger charge is -2.10. The van der Waals surface area contributed by atoms with E-state index in [1.54, 1.807) is 11.5 Å². The minimum atomic E-state index is 0.879. The number of halogens is 1. The van der Waals surface area contributed by atoms with Crippen LogP contribution in [0.5, 0.6) is 0 Å². The zero-order valence-corrected chi connectivity index (χ0v) is 13.6. The summed E-state index contributed by atoms with van der Waals surface area (Å²) in [4.78, 5) is 1.37. The van der Waals surface area contributed by atoms with E-state index in [2.05, 4.69) is 51.5 Å². The highest BCUT2D eigenvalue weighted by Crippen LogP contribution is 2.36. The van der Waals surface area contributed by atoms with Crippen LogP contribution in [0.3, 0.4) is 0 Å². The molecule has 3 heteroatoms. The Labute approximate surface area is 127 Å². The monoisotopic (exact) mass is 335 g/mol. The highest BCUT2D eigenvalue weighted by molar-refractivity contribution is 9.10. The molecule has 0 radical (unpaired) electrons. The van der Waals surface area contributed by atoms with Crippen molar-refractivity contribution in [1.82, 2.24) is 4.37 Å². The van der Waals surface area contributed by atoms with Crippen molar-refractivity contribution in [3.05, 3.63) is 40.0 Å². The molecule has 0 atom stereocenters. The summed E-state index contributed by atoms with van der Waals surface area (Å²) in [5.41, 5.74) is 4.02. The first-order valence-corrected chi connectivity index (χ1v) is 8.52. The molecule has 1 aromatic heterocycles. The Hall–Kier alpha value is -0.670. The second-order valence-electron chi connectivity index (χ2n) is 5.44. The predicted octanol–water partition coefficient (Wildman–Crippen LogP) is 5.61. The maximum Gasteiger partial charge on any atom is 0.0584 e. The third-order valence-corrected chi connectivity index (χ3v) is 5.62. The lowest BCUT2D eigenvalue weighted by molar-refractivity contribution is 0.546. The Morgan fingerprint density at radius 3 is 2.58 bits per heavy atom. The van der Waals surface area contributed by atoms with Crippen LogP contribution in [0.15, 0.2) is 28.7 Å². The molecule has 1 saturated carbocycles. The standard InChI is InChI=1S/C16H18BrNS/c1-11-15(10-12-4-2-3-5-12)16(19-18-11)13-6-8-14(17)9-7-13/h6-9,12H,2-5,10H2,1H3. The summed E-state index contributed by atoms with van der Waals surface area (Å²) in [5.74, 6) is 0.879. The maximum absolute atomic E-state index is 4.59. The van der Waals surface area contributed by atoms with Crippen LogP contribution >= 0.6 is 27.5 Å². The minimum absolute atomic E-state index is 0.879. The van der Waals surface area contributed by atoms with Crippen LogP contribution in [0.4, 0.5) is 0 Å². The topological polar surface area (TPSA) is 12.9 Å². The molecule has 1 heterocycles. The molecule has 1 fully saturated rings. The second-order valence-corrected chi connectivity index (χ2v) is 7.13. The fourth-order valence-corrected chi connectivity index (χ4v) is 4.15. The molecule has 0 aliphatic heterocycles. The summed E-state index contributed by atoms with van der Waals surface area (Å²) in [6, 6.07) is 8.61. The molecule has 0 unspecified atom stereocenters. The lowest BCUT2D eigenvalue weighted by Crippen LogP contribution is -2.00. The van der Waals surface area contributed by atoms with Crippen LogP contribution in [0.25, 0.3) is 10.4 Å². The van der Waals surface area contributed by atoms with Crippen LogP contribution in [0.2, 0.25) is 0 Å². The van der Waals surface area contributed by atoms with Gasteiger partial charge in [0.05, 0.1) is 10.6 Å². The van der Waals surface area contributed by atoms with Crippen molar-refractivity contribution in [3.63, 3.8) is 0 Å². The van der Waals surface area contributed by atoms with Crippen LogP contribution in [0.1, 0.15) is 36.9 Å². The van der Waals surface area contributed by atoms with Gasteiger partial charge in [0.15, 0.2) is 0 Å². The third kappa shape index (κ3) is 2.92. The highest BCUT2D eigenvalue weighted by Gasteiger charge is 2.20. The van der Waals surface area contributed by atoms with E-state index in [1.807, 2.05) is 0 Å². The number of nitrogens with zero attached hydrogens (tertiary/aromatic N) is 1. The Kier molecular flexibility index (Phi) is 4.04. The maximum atomic E-state index is 4.59. The summed E-state index contributed by atoms with van der Waals surface area (Å²) in [6.45, 7) is 2.16. The molecular weight excluding hydrogens is 318 g/mol. The number of rotatable bonds is 3. The largest absolute Gasteiger partial charge is 0.197 e. The van der Waals surface area contributed by atoms with Crippen molar-refractivity contribution in [2.75, 3.05) is 0 Å². The number of benzene rings is 1.